The van der Waals surface area contributed by atoms with Gasteiger partial charge in [-0.05, 0) is 69.9 Å². The van der Waals surface area contributed by atoms with E-state index in [-0.39, 0.29) is 5.78 Å². The highest BCUT2D eigenvalue weighted by atomic mass is 16.5. The van der Waals surface area contributed by atoms with E-state index in [1.165, 1.54) is 0 Å². The van der Waals surface area contributed by atoms with E-state index >= 15 is 0 Å². The molecule has 0 aromatic heterocycles. The van der Waals surface area contributed by atoms with E-state index < -0.39 is 0 Å². The Morgan fingerprint density at radius 1 is 1.04 bits per heavy atom. The predicted octanol–water partition coefficient (Wildman–Crippen LogP) is 4.35. The molecule has 0 saturated heterocycles. The van der Waals surface area contributed by atoms with Crippen LogP contribution in [0.2, 0.25) is 0 Å². The first-order chi connectivity index (χ1) is 11.6. The lowest BCUT2D eigenvalue weighted by Crippen LogP contribution is -2.13. The molecule has 0 aliphatic rings. The molecule has 4 nitrogen and oxygen atoms in total. The lowest BCUT2D eigenvalue weighted by atomic mass is 10.0. The van der Waals surface area contributed by atoms with E-state index in [1.54, 1.807) is 7.11 Å². The van der Waals surface area contributed by atoms with Gasteiger partial charge in [0.2, 0.25) is 0 Å². The van der Waals surface area contributed by atoms with Gasteiger partial charge >= 0.3 is 0 Å². The van der Waals surface area contributed by atoms with E-state index in [2.05, 4.69) is 24.3 Å². The smallest absolute Gasteiger partial charge is 0.162 e. The molecular formula is C20H26N2O2. The zero-order chi connectivity index (χ0) is 17.4. The van der Waals surface area contributed by atoms with Gasteiger partial charge in [0.15, 0.2) is 5.78 Å². The summed E-state index contributed by atoms with van der Waals surface area (Å²) in [5.41, 5.74) is 2.64. The van der Waals surface area contributed by atoms with Crippen LogP contribution in [0.25, 0.3) is 0 Å². The van der Waals surface area contributed by atoms with Crippen LogP contribution in [0.15, 0.2) is 48.5 Å². The van der Waals surface area contributed by atoms with Crippen LogP contribution in [-0.4, -0.2) is 38.4 Å². The summed E-state index contributed by atoms with van der Waals surface area (Å²) in [6.07, 6.45) is 2.56. The third-order valence-corrected chi connectivity index (χ3v) is 3.82. The fourth-order valence-electron chi connectivity index (χ4n) is 2.47. The van der Waals surface area contributed by atoms with Crippen LogP contribution in [0.5, 0.6) is 5.75 Å². The van der Waals surface area contributed by atoms with E-state index in [0.717, 1.165) is 42.1 Å². The molecule has 24 heavy (non-hydrogen) atoms. The van der Waals surface area contributed by atoms with Crippen LogP contribution in [0.1, 0.15) is 29.6 Å². The van der Waals surface area contributed by atoms with E-state index in [0.29, 0.717) is 6.42 Å². The van der Waals surface area contributed by atoms with Gasteiger partial charge in [-0.3, -0.25) is 4.79 Å². The maximum Gasteiger partial charge on any atom is 0.162 e. The minimum Gasteiger partial charge on any atom is -0.497 e. The molecule has 0 fully saturated rings. The lowest BCUT2D eigenvalue weighted by molar-refractivity contribution is 0.0978. The summed E-state index contributed by atoms with van der Waals surface area (Å²) < 4.78 is 5.16. The highest BCUT2D eigenvalue weighted by Crippen LogP contribution is 2.21. The molecular weight excluding hydrogens is 300 g/mol. The zero-order valence-electron chi connectivity index (χ0n) is 14.7. The van der Waals surface area contributed by atoms with Gasteiger partial charge in [-0.15, -0.1) is 0 Å². The van der Waals surface area contributed by atoms with Gasteiger partial charge in [-0.25, -0.2) is 0 Å². The van der Waals surface area contributed by atoms with Crippen molar-refractivity contribution in [2.75, 3.05) is 33.1 Å². The normalized spacial score (nSPS) is 10.7. The van der Waals surface area contributed by atoms with Crippen molar-refractivity contribution in [2.24, 2.45) is 0 Å². The summed E-state index contributed by atoms with van der Waals surface area (Å²) in [6.45, 7) is 1.02. The van der Waals surface area contributed by atoms with Gasteiger partial charge in [0, 0.05) is 23.4 Å². The molecule has 0 aliphatic heterocycles. The Bertz CT molecular complexity index is 651. The second-order valence-corrected chi connectivity index (χ2v) is 6.12. The van der Waals surface area contributed by atoms with Crippen LogP contribution >= 0.6 is 0 Å². The van der Waals surface area contributed by atoms with Crippen molar-refractivity contribution in [3.05, 3.63) is 54.1 Å². The number of benzene rings is 2. The van der Waals surface area contributed by atoms with Crippen LogP contribution < -0.4 is 10.1 Å². The van der Waals surface area contributed by atoms with Gasteiger partial charge in [0.05, 0.1) is 7.11 Å². The van der Waals surface area contributed by atoms with Crippen LogP contribution in [0.4, 0.5) is 11.4 Å². The maximum atomic E-state index is 12.3. The number of hydrogen-bond acceptors (Lipinski definition) is 4. The van der Waals surface area contributed by atoms with E-state index in [1.807, 2.05) is 48.5 Å². The molecule has 0 radical (unpaired) electrons. The lowest BCUT2D eigenvalue weighted by Gasteiger charge is -2.10. The Balaban J connectivity index is 1.93. The maximum absolute atomic E-state index is 12.3. The molecule has 2 rings (SSSR count). The molecule has 0 aliphatic carbocycles. The van der Waals surface area contributed by atoms with Gasteiger partial charge < -0.3 is 15.0 Å². The Kier molecular flexibility index (Phi) is 6.82. The molecule has 0 heterocycles. The van der Waals surface area contributed by atoms with Crippen molar-refractivity contribution in [3.8, 4) is 5.75 Å². The Morgan fingerprint density at radius 3 is 2.46 bits per heavy atom. The van der Waals surface area contributed by atoms with Crippen LogP contribution in [-0.2, 0) is 0 Å². The zero-order valence-corrected chi connectivity index (χ0v) is 14.7. The first kappa shape index (κ1) is 18.0. The minimum absolute atomic E-state index is 0.201. The number of unbranched alkanes of at least 4 members (excludes halogenated alkanes) is 1. The van der Waals surface area contributed by atoms with Crippen LogP contribution in [0, 0.1) is 0 Å². The van der Waals surface area contributed by atoms with Gasteiger partial charge in [-0.2, -0.15) is 0 Å². The number of ketones is 1. The SMILES string of the molecule is COc1ccc(Nc2cccc(C(=O)CCCCN(C)C)c2)cc1. The monoisotopic (exact) mass is 326 g/mol. The third kappa shape index (κ3) is 5.70. The fourth-order valence-corrected chi connectivity index (χ4v) is 2.47. The van der Waals surface area contributed by atoms with Crippen LogP contribution in [0.3, 0.4) is 0 Å². The number of ether oxygens (including phenoxy) is 1. The molecule has 1 N–H and O–H groups in total. The van der Waals surface area contributed by atoms with Gasteiger partial charge in [0.25, 0.3) is 0 Å². The van der Waals surface area contributed by atoms with Crippen molar-refractivity contribution in [3.63, 3.8) is 0 Å². The second kappa shape index (κ2) is 9.08. The highest BCUT2D eigenvalue weighted by Gasteiger charge is 2.07. The Morgan fingerprint density at radius 2 is 1.79 bits per heavy atom. The average molecular weight is 326 g/mol. The molecule has 0 atom stereocenters. The third-order valence-electron chi connectivity index (χ3n) is 3.82. The number of anilines is 2. The highest BCUT2D eigenvalue weighted by molar-refractivity contribution is 5.97. The Hall–Kier alpha value is -2.33. The molecule has 0 unspecified atom stereocenters. The number of rotatable bonds is 9. The fraction of sp³-hybridized carbons (Fsp3) is 0.350. The summed E-state index contributed by atoms with van der Waals surface area (Å²) in [6, 6.07) is 15.4. The van der Waals surface area contributed by atoms with Crippen molar-refractivity contribution < 1.29 is 9.53 Å². The van der Waals surface area contributed by atoms with Gasteiger partial charge in [-0.1, -0.05) is 12.1 Å². The first-order valence-electron chi connectivity index (χ1n) is 8.27. The minimum atomic E-state index is 0.201. The second-order valence-electron chi connectivity index (χ2n) is 6.12. The molecule has 0 bridgehead atoms. The summed E-state index contributed by atoms with van der Waals surface area (Å²) >= 11 is 0. The number of methoxy groups -OCH3 is 1. The summed E-state index contributed by atoms with van der Waals surface area (Å²) in [5.74, 6) is 1.02. The number of nitrogens with one attached hydrogen (secondary N) is 1. The summed E-state index contributed by atoms with van der Waals surface area (Å²) in [5, 5.41) is 3.32. The molecule has 4 heteroatoms. The molecule has 2 aromatic carbocycles. The largest absolute Gasteiger partial charge is 0.497 e. The van der Waals surface area contributed by atoms with Crippen molar-refractivity contribution in [1.82, 2.24) is 4.90 Å². The first-order valence-corrected chi connectivity index (χ1v) is 8.27. The van der Waals surface area contributed by atoms with Gasteiger partial charge in [0.1, 0.15) is 5.75 Å². The standard InChI is InChI=1S/C20H26N2O2/c1-22(2)14-5-4-9-20(23)16-7-6-8-18(15-16)21-17-10-12-19(24-3)13-11-17/h6-8,10-13,15,21H,4-5,9,14H2,1-3H3. The summed E-state index contributed by atoms with van der Waals surface area (Å²) in [7, 11) is 5.75. The molecule has 0 spiro atoms. The van der Waals surface area contributed by atoms with Crippen molar-refractivity contribution in [1.29, 1.82) is 0 Å². The number of carbonyl (C=O) groups is 1. The predicted molar refractivity (Wildman–Crippen MR) is 99.5 cm³/mol. The average Bonchev–Trinajstić information content (AvgIpc) is 2.59. The number of hydrogen-bond donors (Lipinski definition) is 1. The topological polar surface area (TPSA) is 41.6 Å². The number of Topliss-reactive ketones (excluding diaryl/α,β-unsaturated/α-hetero) is 1. The molecule has 0 amide bonds. The number of nitrogens with zero attached hydrogens (tertiary/aromatic N) is 1. The molecule has 128 valence electrons. The molecule has 2 aromatic rings. The summed E-state index contributed by atoms with van der Waals surface area (Å²) in [4.78, 5) is 14.5. The van der Waals surface area contributed by atoms with E-state index in [4.69, 9.17) is 4.74 Å². The molecule has 0 saturated carbocycles. The Labute approximate surface area is 144 Å². The van der Waals surface area contributed by atoms with Crippen molar-refractivity contribution in [2.45, 2.75) is 19.3 Å². The quantitative estimate of drug-likeness (QED) is 0.549. The van der Waals surface area contributed by atoms with E-state index in [9.17, 15) is 4.79 Å². The van der Waals surface area contributed by atoms with Crippen molar-refractivity contribution >= 4 is 17.2 Å². The number of carbonyl (C=O) groups excluding carboxylic acids is 1.